The Morgan fingerprint density at radius 3 is 2.59 bits per heavy atom. The molecule has 5 rings (SSSR count). The van der Waals surface area contributed by atoms with Gasteiger partial charge in [-0.05, 0) is 67.5 Å². The normalized spacial score (nSPS) is 14.5. The summed E-state index contributed by atoms with van der Waals surface area (Å²) >= 11 is 0. The second kappa shape index (κ2) is 8.91. The number of nitrogens with zero attached hydrogens (tertiary/aromatic N) is 4. The van der Waals surface area contributed by atoms with Crippen LogP contribution in [0, 0.1) is 0 Å². The van der Waals surface area contributed by atoms with Gasteiger partial charge >= 0.3 is 0 Å². The topological polar surface area (TPSA) is 69.9 Å². The van der Waals surface area contributed by atoms with Gasteiger partial charge in [0.05, 0.1) is 18.7 Å². The summed E-state index contributed by atoms with van der Waals surface area (Å²) in [6, 6.07) is 15.6. The Morgan fingerprint density at radius 2 is 1.84 bits per heavy atom. The molecule has 0 atom stereocenters. The number of Topliss-reactive ketones (excluding diaryl/α,β-unsaturated/α-hetero) is 1. The third kappa shape index (κ3) is 4.54. The molecule has 0 aliphatic heterocycles. The number of pyridine rings is 1. The van der Waals surface area contributed by atoms with E-state index in [1.165, 1.54) is 19.3 Å². The SMILES string of the molecule is Cn1cc(-c2ccc3cnc(CC(=O)c4ccc(OC5CCCCC5)cc4)cc3c2)nn1. The maximum absolute atomic E-state index is 12.8. The molecule has 0 radical (unpaired) electrons. The number of aryl methyl sites for hydroxylation is 1. The molecule has 6 nitrogen and oxygen atoms in total. The van der Waals surface area contributed by atoms with Gasteiger partial charge in [-0.1, -0.05) is 23.8 Å². The van der Waals surface area contributed by atoms with E-state index < -0.39 is 0 Å². The molecule has 1 fully saturated rings. The second-order valence-corrected chi connectivity index (χ2v) is 8.52. The van der Waals surface area contributed by atoms with Crippen LogP contribution in [0.25, 0.3) is 22.0 Å². The first-order valence-electron chi connectivity index (χ1n) is 11.2. The summed E-state index contributed by atoms with van der Waals surface area (Å²) in [6.45, 7) is 0. The van der Waals surface area contributed by atoms with Gasteiger partial charge in [0, 0.05) is 35.5 Å². The number of aromatic nitrogens is 4. The number of ether oxygens (including phenoxy) is 1. The van der Waals surface area contributed by atoms with Crippen molar-refractivity contribution in [2.75, 3.05) is 0 Å². The average Bonchev–Trinajstić information content (AvgIpc) is 3.26. The zero-order chi connectivity index (χ0) is 21.9. The molecule has 0 amide bonds. The van der Waals surface area contributed by atoms with E-state index >= 15 is 0 Å². The number of carbonyl (C=O) groups excluding carboxylic acids is 1. The molecule has 2 heterocycles. The zero-order valence-corrected chi connectivity index (χ0v) is 18.2. The summed E-state index contributed by atoms with van der Waals surface area (Å²) in [7, 11) is 1.85. The molecule has 2 aromatic carbocycles. The number of ketones is 1. The van der Waals surface area contributed by atoms with Crippen molar-refractivity contribution in [3.8, 4) is 17.0 Å². The Morgan fingerprint density at radius 1 is 1.03 bits per heavy atom. The first kappa shape index (κ1) is 20.4. The monoisotopic (exact) mass is 426 g/mol. The number of fused-ring (bicyclic) bond motifs is 1. The molecular weight excluding hydrogens is 400 g/mol. The Labute approximate surface area is 187 Å². The van der Waals surface area contributed by atoms with Crippen LogP contribution >= 0.6 is 0 Å². The highest BCUT2D eigenvalue weighted by Crippen LogP contribution is 2.25. The molecule has 0 N–H and O–H groups in total. The fourth-order valence-corrected chi connectivity index (χ4v) is 4.28. The van der Waals surface area contributed by atoms with Crippen LogP contribution in [0.15, 0.2) is 60.9 Å². The summed E-state index contributed by atoms with van der Waals surface area (Å²) in [5, 5.41) is 10.2. The van der Waals surface area contributed by atoms with Gasteiger partial charge in [0.25, 0.3) is 0 Å². The fraction of sp³-hybridized carbons (Fsp3) is 0.308. The summed E-state index contributed by atoms with van der Waals surface area (Å²) in [5.41, 5.74) is 3.24. The van der Waals surface area contributed by atoms with Crippen LogP contribution in [0.1, 0.15) is 48.2 Å². The minimum atomic E-state index is 0.0474. The predicted octanol–water partition coefficient (Wildman–Crippen LogP) is 5.17. The van der Waals surface area contributed by atoms with E-state index in [9.17, 15) is 4.79 Å². The van der Waals surface area contributed by atoms with Crippen LogP contribution in [0.3, 0.4) is 0 Å². The van der Waals surface area contributed by atoms with Crippen LogP contribution < -0.4 is 4.74 Å². The van der Waals surface area contributed by atoms with Gasteiger partial charge in [-0.2, -0.15) is 0 Å². The molecule has 0 saturated heterocycles. The van der Waals surface area contributed by atoms with Crippen molar-refractivity contribution in [2.45, 2.75) is 44.6 Å². The highest BCUT2D eigenvalue weighted by atomic mass is 16.5. The molecular formula is C26H26N4O2. The van der Waals surface area contributed by atoms with Crippen molar-refractivity contribution in [3.63, 3.8) is 0 Å². The Kier molecular flexibility index (Phi) is 5.67. The molecule has 0 bridgehead atoms. The maximum Gasteiger partial charge on any atom is 0.168 e. The molecule has 4 aromatic rings. The lowest BCUT2D eigenvalue weighted by Crippen LogP contribution is -2.19. The van der Waals surface area contributed by atoms with Gasteiger partial charge < -0.3 is 4.74 Å². The molecule has 32 heavy (non-hydrogen) atoms. The predicted molar refractivity (Wildman–Crippen MR) is 124 cm³/mol. The van der Waals surface area contributed by atoms with E-state index in [0.717, 1.165) is 46.3 Å². The quantitative estimate of drug-likeness (QED) is 0.398. The Balaban J connectivity index is 1.29. The number of hydrogen-bond donors (Lipinski definition) is 0. The molecule has 162 valence electrons. The summed E-state index contributed by atoms with van der Waals surface area (Å²) in [4.78, 5) is 17.3. The average molecular weight is 427 g/mol. The second-order valence-electron chi connectivity index (χ2n) is 8.52. The van der Waals surface area contributed by atoms with Crippen molar-refractivity contribution < 1.29 is 9.53 Å². The number of carbonyl (C=O) groups is 1. The van der Waals surface area contributed by atoms with E-state index in [0.29, 0.717) is 11.7 Å². The lowest BCUT2D eigenvalue weighted by molar-refractivity contribution is 0.0992. The molecule has 1 aliphatic rings. The molecule has 1 aliphatic carbocycles. The van der Waals surface area contributed by atoms with Gasteiger partial charge in [0.1, 0.15) is 11.4 Å². The van der Waals surface area contributed by atoms with Crippen molar-refractivity contribution in [1.82, 2.24) is 20.0 Å². The smallest absolute Gasteiger partial charge is 0.168 e. The van der Waals surface area contributed by atoms with Crippen LogP contribution in [-0.2, 0) is 13.5 Å². The highest BCUT2D eigenvalue weighted by molar-refractivity contribution is 5.98. The number of rotatable bonds is 6. The number of benzene rings is 2. The third-order valence-electron chi connectivity index (χ3n) is 6.05. The van der Waals surface area contributed by atoms with E-state index in [1.54, 1.807) is 4.68 Å². The van der Waals surface area contributed by atoms with Crippen LogP contribution in [-0.4, -0.2) is 31.9 Å². The van der Waals surface area contributed by atoms with Gasteiger partial charge in [-0.3, -0.25) is 14.5 Å². The van der Waals surface area contributed by atoms with Crippen LogP contribution in [0.2, 0.25) is 0 Å². The first-order chi connectivity index (χ1) is 15.6. The Hall–Kier alpha value is -3.54. The van der Waals surface area contributed by atoms with E-state index in [1.807, 2.05) is 61.9 Å². The van der Waals surface area contributed by atoms with E-state index in [-0.39, 0.29) is 12.2 Å². The van der Waals surface area contributed by atoms with Gasteiger partial charge in [0.2, 0.25) is 0 Å². The maximum atomic E-state index is 12.8. The molecule has 2 aromatic heterocycles. The molecule has 1 saturated carbocycles. The first-order valence-corrected chi connectivity index (χ1v) is 11.2. The van der Waals surface area contributed by atoms with Gasteiger partial charge in [-0.15, -0.1) is 5.10 Å². The molecule has 0 spiro atoms. The fourth-order valence-electron chi connectivity index (χ4n) is 4.28. The van der Waals surface area contributed by atoms with Crippen molar-refractivity contribution in [3.05, 3.63) is 72.2 Å². The van der Waals surface area contributed by atoms with Crippen molar-refractivity contribution >= 4 is 16.6 Å². The van der Waals surface area contributed by atoms with Crippen LogP contribution in [0.5, 0.6) is 5.75 Å². The zero-order valence-electron chi connectivity index (χ0n) is 18.2. The lowest BCUT2D eigenvalue weighted by Gasteiger charge is -2.23. The van der Waals surface area contributed by atoms with Crippen LogP contribution in [0.4, 0.5) is 0 Å². The molecule has 0 unspecified atom stereocenters. The number of hydrogen-bond acceptors (Lipinski definition) is 5. The van der Waals surface area contributed by atoms with E-state index in [4.69, 9.17) is 4.74 Å². The van der Waals surface area contributed by atoms with Crippen molar-refractivity contribution in [2.24, 2.45) is 7.05 Å². The molecule has 6 heteroatoms. The summed E-state index contributed by atoms with van der Waals surface area (Å²) < 4.78 is 7.75. The largest absolute Gasteiger partial charge is 0.490 e. The Bertz CT molecular complexity index is 1240. The minimum absolute atomic E-state index is 0.0474. The third-order valence-corrected chi connectivity index (χ3v) is 6.05. The summed E-state index contributed by atoms with van der Waals surface area (Å²) in [6.07, 6.45) is 10.3. The van der Waals surface area contributed by atoms with Gasteiger partial charge in [0.15, 0.2) is 5.78 Å². The van der Waals surface area contributed by atoms with E-state index in [2.05, 4.69) is 21.4 Å². The van der Waals surface area contributed by atoms with Gasteiger partial charge in [-0.25, -0.2) is 0 Å². The minimum Gasteiger partial charge on any atom is -0.490 e. The summed E-state index contributed by atoms with van der Waals surface area (Å²) in [5.74, 6) is 0.889. The lowest BCUT2D eigenvalue weighted by atomic mass is 9.98. The highest BCUT2D eigenvalue weighted by Gasteiger charge is 2.15. The standard InChI is InChI=1S/C26H26N4O2/c1-30-17-25(28-29-30)19-7-8-20-16-27-22(14-21(20)13-19)15-26(31)18-9-11-24(12-10-18)32-23-5-3-2-4-6-23/h7-14,16-17,23H,2-6,15H2,1H3. The van der Waals surface area contributed by atoms with Crippen molar-refractivity contribution in [1.29, 1.82) is 0 Å².